The molecule has 0 radical (unpaired) electrons. The fourth-order valence-electron chi connectivity index (χ4n) is 2.80. The number of oxazole rings is 1. The standard InChI is InChI=1S/C21H13BrCl2N2O3/c1-28-18-6-2-11(8-15(18)22)21-26-17-10-13(4-7-19(17)29-21)25-20(27)14-9-12(23)3-5-16(14)24/h2-10H,1H3,(H,25,27). The second-order valence-corrected chi connectivity index (χ2v) is 7.83. The van der Waals surface area contributed by atoms with Crippen LogP contribution in [0.25, 0.3) is 22.6 Å². The van der Waals surface area contributed by atoms with Crippen molar-refractivity contribution in [3.63, 3.8) is 0 Å². The lowest BCUT2D eigenvalue weighted by molar-refractivity contribution is 0.102. The number of hydrogen-bond donors (Lipinski definition) is 1. The summed E-state index contributed by atoms with van der Waals surface area (Å²) in [5.41, 5.74) is 2.87. The minimum absolute atomic E-state index is 0.295. The van der Waals surface area contributed by atoms with Crippen LogP contribution < -0.4 is 10.1 Å². The molecule has 29 heavy (non-hydrogen) atoms. The fourth-order valence-corrected chi connectivity index (χ4v) is 3.71. The van der Waals surface area contributed by atoms with E-state index in [1.54, 1.807) is 37.4 Å². The molecule has 1 heterocycles. The molecule has 5 nitrogen and oxygen atoms in total. The van der Waals surface area contributed by atoms with Crippen LogP contribution >= 0.6 is 39.1 Å². The number of aromatic nitrogens is 1. The summed E-state index contributed by atoms with van der Waals surface area (Å²) in [5.74, 6) is 0.818. The van der Waals surface area contributed by atoms with Crippen molar-refractivity contribution in [3.8, 4) is 17.2 Å². The molecule has 0 aliphatic heterocycles. The van der Waals surface area contributed by atoms with Crippen LogP contribution in [-0.2, 0) is 0 Å². The molecule has 1 aromatic heterocycles. The summed E-state index contributed by atoms with van der Waals surface area (Å²) in [5, 5.41) is 3.56. The number of fused-ring (bicyclic) bond motifs is 1. The van der Waals surface area contributed by atoms with E-state index in [0.29, 0.717) is 38.3 Å². The van der Waals surface area contributed by atoms with Crippen LogP contribution in [0.5, 0.6) is 5.75 Å². The van der Waals surface area contributed by atoms with E-state index in [1.807, 2.05) is 18.2 Å². The van der Waals surface area contributed by atoms with E-state index in [1.165, 1.54) is 6.07 Å². The zero-order chi connectivity index (χ0) is 20.5. The number of carbonyl (C=O) groups is 1. The first-order valence-electron chi connectivity index (χ1n) is 8.45. The zero-order valence-electron chi connectivity index (χ0n) is 15.0. The molecule has 1 N–H and O–H groups in total. The minimum atomic E-state index is -0.361. The molecule has 0 saturated heterocycles. The average Bonchev–Trinajstić information content (AvgIpc) is 3.13. The SMILES string of the molecule is COc1ccc(-c2nc3cc(NC(=O)c4cc(Cl)ccc4Cl)ccc3o2)cc1Br. The van der Waals surface area contributed by atoms with E-state index < -0.39 is 0 Å². The van der Waals surface area contributed by atoms with Crippen molar-refractivity contribution in [1.29, 1.82) is 0 Å². The normalized spacial score (nSPS) is 10.9. The summed E-state index contributed by atoms with van der Waals surface area (Å²) in [6.45, 7) is 0. The first-order valence-corrected chi connectivity index (χ1v) is 10.0. The van der Waals surface area contributed by atoms with Crippen LogP contribution in [0.2, 0.25) is 10.0 Å². The van der Waals surface area contributed by atoms with Gasteiger partial charge in [-0.15, -0.1) is 0 Å². The van der Waals surface area contributed by atoms with Crippen LogP contribution in [0.1, 0.15) is 10.4 Å². The summed E-state index contributed by atoms with van der Waals surface area (Å²) in [4.78, 5) is 17.1. The molecular weight excluding hydrogens is 479 g/mol. The summed E-state index contributed by atoms with van der Waals surface area (Å²) >= 11 is 15.5. The van der Waals surface area contributed by atoms with E-state index >= 15 is 0 Å². The van der Waals surface area contributed by atoms with Gasteiger partial charge in [0, 0.05) is 16.3 Å². The summed E-state index contributed by atoms with van der Waals surface area (Å²) < 4.78 is 11.9. The number of halogens is 3. The fraction of sp³-hybridized carbons (Fsp3) is 0.0476. The number of ether oxygens (including phenoxy) is 1. The summed E-state index contributed by atoms with van der Waals surface area (Å²) in [7, 11) is 1.60. The van der Waals surface area contributed by atoms with Crippen LogP contribution in [0, 0.1) is 0 Å². The number of benzene rings is 3. The Morgan fingerprint density at radius 1 is 1.10 bits per heavy atom. The van der Waals surface area contributed by atoms with Crippen LogP contribution in [0.4, 0.5) is 5.69 Å². The topological polar surface area (TPSA) is 64.4 Å². The van der Waals surface area contributed by atoms with Gasteiger partial charge in [0.2, 0.25) is 5.89 Å². The van der Waals surface area contributed by atoms with Gasteiger partial charge in [-0.25, -0.2) is 4.98 Å². The Morgan fingerprint density at radius 3 is 2.69 bits per heavy atom. The lowest BCUT2D eigenvalue weighted by Crippen LogP contribution is -2.12. The number of nitrogens with zero attached hydrogens (tertiary/aromatic N) is 1. The van der Waals surface area contributed by atoms with E-state index in [2.05, 4.69) is 26.2 Å². The van der Waals surface area contributed by atoms with Crippen molar-refractivity contribution >= 4 is 61.8 Å². The lowest BCUT2D eigenvalue weighted by Gasteiger charge is -2.07. The van der Waals surface area contributed by atoms with E-state index in [4.69, 9.17) is 32.4 Å². The Bertz CT molecular complexity index is 1240. The van der Waals surface area contributed by atoms with Crippen molar-refractivity contribution in [2.75, 3.05) is 12.4 Å². The molecule has 0 aliphatic rings. The third-order valence-corrected chi connectivity index (χ3v) is 5.40. The highest BCUT2D eigenvalue weighted by atomic mass is 79.9. The molecule has 0 bridgehead atoms. The van der Waals surface area contributed by atoms with Crippen LogP contribution in [0.15, 0.2) is 63.5 Å². The Balaban J connectivity index is 1.62. The molecular formula is C21H13BrCl2N2O3. The molecule has 0 aliphatic carbocycles. The van der Waals surface area contributed by atoms with Crippen LogP contribution in [-0.4, -0.2) is 18.0 Å². The Morgan fingerprint density at radius 2 is 1.93 bits per heavy atom. The van der Waals surface area contributed by atoms with Gasteiger partial charge in [0.05, 0.1) is 22.2 Å². The Labute approximate surface area is 184 Å². The molecule has 0 unspecified atom stereocenters. The van der Waals surface area contributed by atoms with Gasteiger partial charge in [0.15, 0.2) is 5.58 Å². The predicted molar refractivity (Wildman–Crippen MR) is 118 cm³/mol. The van der Waals surface area contributed by atoms with Gasteiger partial charge in [-0.3, -0.25) is 4.79 Å². The zero-order valence-corrected chi connectivity index (χ0v) is 18.1. The van der Waals surface area contributed by atoms with Gasteiger partial charge in [0.25, 0.3) is 5.91 Å². The maximum absolute atomic E-state index is 12.5. The number of carbonyl (C=O) groups excluding carboxylic acids is 1. The third-order valence-electron chi connectivity index (χ3n) is 4.22. The minimum Gasteiger partial charge on any atom is -0.496 e. The largest absolute Gasteiger partial charge is 0.496 e. The Hall–Kier alpha value is -2.54. The van der Waals surface area contributed by atoms with Crippen molar-refractivity contribution in [2.45, 2.75) is 0 Å². The lowest BCUT2D eigenvalue weighted by atomic mass is 10.2. The molecule has 4 rings (SSSR count). The van der Waals surface area contributed by atoms with Crippen LogP contribution in [0.3, 0.4) is 0 Å². The van der Waals surface area contributed by atoms with Crippen molar-refractivity contribution in [2.24, 2.45) is 0 Å². The number of hydrogen-bond acceptors (Lipinski definition) is 4. The molecule has 4 aromatic rings. The molecule has 0 fully saturated rings. The predicted octanol–water partition coefficient (Wildman–Crippen LogP) is 6.83. The number of nitrogens with one attached hydrogen (secondary N) is 1. The van der Waals surface area contributed by atoms with Gasteiger partial charge in [-0.2, -0.15) is 0 Å². The van der Waals surface area contributed by atoms with E-state index in [-0.39, 0.29) is 5.91 Å². The summed E-state index contributed by atoms with van der Waals surface area (Å²) in [6.07, 6.45) is 0. The molecule has 0 saturated carbocycles. The quantitative estimate of drug-likeness (QED) is 0.340. The second-order valence-electron chi connectivity index (χ2n) is 6.13. The maximum atomic E-state index is 12.5. The van der Waals surface area contributed by atoms with Gasteiger partial charge in [-0.1, -0.05) is 23.2 Å². The highest BCUT2D eigenvalue weighted by molar-refractivity contribution is 9.10. The van der Waals surface area contributed by atoms with E-state index in [0.717, 1.165) is 15.8 Å². The molecule has 0 atom stereocenters. The number of methoxy groups -OCH3 is 1. The van der Waals surface area contributed by atoms with Gasteiger partial charge >= 0.3 is 0 Å². The Kier molecular flexibility index (Phi) is 5.50. The molecule has 0 spiro atoms. The van der Waals surface area contributed by atoms with Crippen molar-refractivity contribution in [1.82, 2.24) is 4.98 Å². The highest BCUT2D eigenvalue weighted by Crippen LogP contribution is 2.32. The molecule has 8 heteroatoms. The first kappa shape index (κ1) is 19.8. The van der Waals surface area contributed by atoms with E-state index in [9.17, 15) is 4.79 Å². The smallest absolute Gasteiger partial charge is 0.257 e. The third kappa shape index (κ3) is 4.10. The molecule has 3 aromatic carbocycles. The number of anilines is 1. The molecule has 1 amide bonds. The molecule has 146 valence electrons. The second kappa shape index (κ2) is 8.06. The van der Waals surface area contributed by atoms with Gasteiger partial charge in [-0.05, 0) is 70.5 Å². The first-order chi connectivity index (χ1) is 13.9. The van der Waals surface area contributed by atoms with Gasteiger partial charge < -0.3 is 14.5 Å². The number of amides is 1. The van der Waals surface area contributed by atoms with Crippen molar-refractivity contribution < 1.29 is 13.9 Å². The monoisotopic (exact) mass is 490 g/mol. The van der Waals surface area contributed by atoms with Gasteiger partial charge in [0.1, 0.15) is 11.3 Å². The summed E-state index contributed by atoms with van der Waals surface area (Å²) in [6, 6.07) is 15.5. The highest BCUT2D eigenvalue weighted by Gasteiger charge is 2.14. The number of rotatable bonds is 4. The average molecular weight is 492 g/mol. The maximum Gasteiger partial charge on any atom is 0.257 e. The van der Waals surface area contributed by atoms with Crippen molar-refractivity contribution in [3.05, 3.63) is 74.7 Å².